The summed E-state index contributed by atoms with van der Waals surface area (Å²) in [5, 5.41) is 8.95. The van der Waals surface area contributed by atoms with Crippen molar-refractivity contribution in [1.82, 2.24) is 0 Å². The SMILES string of the molecule is CC(CN(C)c1ccc(OCc2ccccc2)cc1)C(=O)O. The van der Waals surface area contributed by atoms with Gasteiger partial charge in [-0.2, -0.15) is 0 Å². The summed E-state index contributed by atoms with van der Waals surface area (Å²) in [5.74, 6) is -0.388. The highest BCUT2D eigenvalue weighted by molar-refractivity contribution is 5.70. The summed E-state index contributed by atoms with van der Waals surface area (Å²) < 4.78 is 5.73. The van der Waals surface area contributed by atoms with Crippen LogP contribution < -0.4 is 9.64 Å². The summed E-state index contributed by atoms with van der Waals surface area (Å²) >= 11 is 0. The largest absolute Gasteiger partial charge is 0.489 e. The first-order chi connectivity index (χ1) is 10.6. The van der Waals surface area contributed by atoms with E-state index in [9.17, 15) is 4.79 Å². The molecule has 116 valence electrons. The summed E-state index contributed by atoms with van der Waals surface area (Å²) in [7, 11) is 1.89. The van der Waals surface area contributed by atoms with Crippen molar-refractivity contribution in [3.05, 3.63) is 60.2 Å². The molecule has 0 aliphatic carbocycles. The Morgan fingerprint density at radius 2 is 1.77 bits per heavy atom. The minimum absolute atomic E-state index is 0.404. The van der Waals surface area contributed by atoms with Gasteiger partial charge in [-0.3, -0.25) is 4.79 Å². The molecule has 0 radical (unpaired) electrons. The van der Waals surface area contributed by atoms with E-state index in [4.69, 9.17) is 9.84 Å². The highest BCUT2D eigenvalue weighted by Crippen LogP contribution is 2.20. The van der Waals surface area contributed by atoms with Crippen molar-refractivity contribution >= 4 is 11.7 Å². The van der Waals surface area contributed by atoms with E-state index in [2.05, 4.69) is 0 Å². The Bertz CT molecular complexity index is 595. The zero-order valence-electron chi connectivity index (χ0n) is 12.9. The molecule has 0 aliphatic heterocycles. The van der Waals surface area contributed by atoms with Crippen molar-refractivity contribution in [2.75, 3.05) is 18.5 Å². The monoisotopic (exact) mass is 299 g/mol. The predicted molar refractivity (Wildman–Crippen MR) is 87.3 cm³/mol. The molecular weight excluding hydrogens is 278 g/mol. The number of nitrogens with zero attached hydrogens (tertiary/aromatic N) is 1. The van der Waals surface area contributed by atoms with Crippen LogP contribution in [0.1, 0.15) is 12.5 Å². The smallest absolute Gasteiger partial charge is 0.308 e. The van der Waals surface area contributed by atoms with Crippen LogP contribution in [0.4, 0.5) is 5.69 Å². The number of aliphatic carboxylic acids is 1. The Morgan fingerprint density at radius 1 is 1.14 bits per heavy atom. The zero-order valence-corrected chi connectivity index (χ0v) is 12.9. The van der Waals surface area contributed by atoms with Gasteiger partial charge in [-0.05, 0) is 29.8 Å². The second-order valence-corrected chi connectivity index (χ2v) is 5.39. The van der Waals surface area contributed by atoms with Gasteiger partial charge in [0, 0.05) is 19.3 Å². The molecular formula is C18H21NO3. The van der Waals surface area contributed by atoms with Crippen LogP contribution in [0.15, 0.2) is 54.6 Å². The van der Waals surface area contributed by atoms with Crippen molar-refractivity contribution in [3.8, 4) is 5.75 Å². The summed E-state index contributed by atoms with van der Waals surface area (Å²) in [4.78, 5) is 12.8. The van der Waals surface area contributed by atoms with Gasteiger partial charge in [-0.25, -0.2) is 0 Å². The molecule has 1 unspecified atom stereocenters. The fraction of sp³-hybridized carbons (Fsp3) is 0.278. The lowest BCUT2D eigenvalue weighted by molar-refractivity contribution is -0.140. The maximum absolute atomic E-state index is 10.9. The van der Waals surface area contributed by atoms with Crippen molar-refractivity contribution in [2.24, 2.45) is 5.92 Å². The molecule has 0 bridgehead atoms. The van der Waals surface area contributed by atoms with E-state index in [1.165, 1.54) is 0 Å². The number of benzene rings is 2. The molecule has 0 amide bonds. The van der Waals surface area contributed by atoms with E-state index < -0.39 is 11.9 Å². The van der Waals surface area contributed by atoms with E-state index in [1.54, 1.807) is 6.92 Å². The van der Waals surface area contributed by atoms with Crippen LogP contribution in [0.3, 0.4) is 0 Å². The van der Waals surface area contributed by atoms with Crippen LogP contribution >= 0.6 is 0 Å². The topological polar surface area (TPSA) is 49.8 Å². The van der Waals surface area contributed by atoms with E-state index in [0.29, 0.717) is 13.2 Å². The van der Waals surface area contributed by atoms with Crippen LogP contribution in [-0.4, -0.2) is 24.7 Å². The first-order valence-corrected chi connectivity index (χ1v) is 7.27. The number of hydrogen-bond acceptors (Lipinski definition) is 3. The molecule has 4 heteroatoms. The van der Waals surface area contributed by atoms with Crippen molar-refractivity contribution < 1.29 is 14.6 Å². The molecule has 0 saturated heterocycles. The Balaban J connectivity index is 1.91. The van der Waals surface area contributed by atoms with Gasteiger partial charge < -0.3 is 14.7 Å². The lowest BCUT2D eigenvalue weighted by Crippen LogP contribution is -2.28. The van der Waals surface area contributed by atoms with E-state index >= 15 is 0 Å². The Kier molecular flexibility index (Phi) is 5.42. The minimum Gasteiger partial charge on any atom is -0.489 e. The summed E-state index contributed by atoms with van der Waals surface area (Å²) in [6.45, 7) is 2.71. The maximum atomic E-state index is 10.9. The molecule has 2 aromatic rings. The normalized spacial score (nSPS) is 11.7. The Labute approximate surface area is 131 Å². The number of ether oxygens (including phenoxy) is 1. The second-order valence-electron chi connectivity index (χ2n) is 5.39. The molecule has 2 rings (SSSR count). The second kappa shape index (κ2) is 7.50. The molecule has 4 nitrogen and oxygen atoms in total. The van der Waals surface area contributed by atoms with Gasteiger partial charge in [0.2, 0.25) is 0 Å². The highest BCUT2D eigenvalue weighted by atomic mass is 16.5. The average Bonchev–Trinajstić information content (AvgIpc) is 2.54. The molecule has 0 heterocycles. The van der Waals surface area contributed by atoms with Gasteiger partial charge in [0.25, 0.3) is 0 Å². The quantitative estimate of drug-likeness (QED) is 0.851. The fourth-order valence-corrected chi connectivity index (χ4v) is 2.13. The minimum atomic E-state index is -0.783. The predicted octanol–water partition coefficient (Wildman–Crippen LogP) is 3.42. The number of carboxylic acids is 1. The van der Waals surface area contributed by atoms with E-state index in [-0.39, 0.29) is 0 Å². The highest BCUT2D eigenvalue weighted by Gasteiger charge is 2.13. The number of carbonyl (C=O) groups is 1. The molecule has 22 heavy (non-hydrogen) atoms. The molecule has 0 aliphatic rings. The van der Waals surface area contributed by atoms with E-state index in [0.717, 1.165) is 17.0 Å². The maximum Gasteiger partial charge on any atom is 0.308 e. The first kappa shape index (κ1) is 15.9. The van der Waals surface area contributed by atoms with Crippen molar-refractivity contribution in [2.45, 2.75) is 13.5 Å². The molecule has 0 fully saturated rings. The summed E-state index contributed by atoms with van der Waals surface area (Å²) in [5.41, 5.74) is 2.10. The molecule has 2 aromatic carbocycles. The molecule has 0 spiro atoms. The third kappa shape index (κ3) is 4.52. The number of rotatable bonds is 7. The van der Waals surface area contributed by atoms with Crippen LogP contribution in [0.2, 0.25) is 0 Å². The lowest BCUT2D eigenvalue weighted by atomic mass is 10.1. The fourth-order valence-electron chi connectivity index (χ4n) is 2.13. The van der Waals surface area contributed by atoms with Crippen LogP contribution in [-0.2, 0) is 11.4 Å². The third-order valence-corrected chi connectivity index (χ3v) is 3.50. The number of carboxylic acid groups (broad SMARTS) is 1. The van der Waals surface area contributed by atoms with Crippen LogP contribution in [0, 0.1) is 5.92 Å². The first-order valence-electron chi connectivity index (χ1n) is 7.27. The number of hydrogen-bond donors (Lipinski definition) is 1. The van der Waals surface area contributed by atoms with Gasteiger partial charge in [-0.15, -0.1) is 0 Å². The lowest BCUT2D eigenvalue weighted by Gasteiger charge is -2.21. The van der Waals surface area contributed by atoms with Crippen LogP contribution in [0.5, 0.6) is 5.75 Å². The summed E-state index contributed by atoms with van der Waals surface area (Å²) in [6, 6.07) is 17.7. The Morgan fingerprint density at radius 3 is 2.36 bits per heavy atom. The number of anilines is 1. The molecule has 1 atom stereocenters. The summed E-state index contributed by atoms with van der Waals surface area (Å²) in [6.07, 6.45) is 0. The van der Waals surface area contributed by atoms with Gasteiger partial charge in [0.1, 0.15) is 12.4 Å². The van der Waals surface area contributed by atoms with Gasteiger partial charge in [0.15, 0.2) is 0 Å². The van der Waals surface area contributed by atoms with Gasteiger partial charge in [0.05, 0.1) is 5.92 Å². The van der Waals surface area contributed by atoms with Crippen LogP contribution in [0.25, 0.3) is 0 Å². The molecule has 0 saturated carbocycles. The van der Waals surface area contributed by atoms with Gasteiger partial charge in [-0.1, -0.05) is 37.3 Å². The van der Waals surface area contributed by atoms with Crippen molar-refractivity contribution in [3.63, 3.8) is 0 Å². The standard InChI is InChI=1S/C18H21NO3/c1-14(18(20)21)12-19(2)16-8-10-17(11-9-16)22-13-15-6-4-3-5-7-15/h3-11,14H,12-13H2,1-2H3,(H,20,21). The third-order valence-electron chi connectivity index (χ3n) is 3.50. The zero-order chi connectivity index (χ0) is 15.9. The Hall–Kier alpha value is -2.49. The average molecular weight is 299 g/mol. The van der Waals surface area contributed by atoms with E-state index in [1.807, 2.05) is 66.5 Å². The molecule has 1 N–H and O–H groups in total. The molecule has 0 aromatic heterocycles. The van der Waals surface area contributed by atoms with Gasteiger partial charge >= 0.3 is 5.97 Å². The van der Waals surface area contributed by atoms with Crippen molar-refractivity contribution in [1.29, 1.82) is 0 Å².